The number of allylic oxidation sites excluding steroid dienone is 4. The quantitative estimate of drug-likeness (QED) is 0.166. The molecule has 5 aromatic rings. The predicted octanol–water partition coefficient (Wildman–Crippen LogP) is 11.3. The van der Waals surface area contributed by atoms with E-state index in [4.69, 9.17) is 0 Å². The van der Waals surface area contributed by atoms with E-state index in [0.717, 1.165) is 6.42 Å². The van der Waals surface area contributed by atoms with Crippen molar-refractivity contribution in [3.63, 3.8) is 0 Å². The van der Waals surface area contributed by atoms with E-state index in [1.165, 1.54) is 38.6 Å². The zero-order valence-corrected chi connectivity index (χ0v) is 30.0. The average molecular weight is 695 g/mol. The molecule has 2 aliphatic rings. The molecule has 0 bridgehead atoms. The number of benzene rings is 5. The van der Waals surface area contributed by atoms with Crippen molar-refractivity contribution < 1.29 is 21.3 Å². The number of fused-ring (bicyclic) bond motifs is 5. The summed E-state index contributed by atoms with van der Waals surface area (Å²) in [6.07, 6.45) is 8.29. The molecule has 0 aliphatic heterocycles. The van der Waals surface area contributed by atoms with Gasteiger partial charge in [0.2, 0.25) is 0 Å². The molecule has 5 aromatic carbocycles. The van der Waals surface area contributed by atoms with E-state index in [9.17, 15) is 0 Å². The maximum atomic E-state index is 2.51. The molecule has 2 aliphatic carbocycles. The molecular weight excluding hydrogens is 655 g/mol. The van der Waals surface area contributed by atoms with Gasteiger partial charge in [0, 0.05) is 0 Å². The Hall–Kier alpha value is -2.83. The number of hydrogen-bond acceptors (Lipinski definition) is 0. The summed E-state index contributed by atoms with van der Waals surface area (Å²) in [5, 5.41) is 2.77. The van der Waals surface area contributed by atoms with Crippen LogP contribution in [0, 0.1) is 0 Å². The average Bonchev–Trinajstić information content (AvgIpc) is 3.68. The van der Waals surface area contributed by atoms with Crippen LogP contribution < -0.4 is 0 Å². The van der Waals surface area contributed by atoms with Gasteiger partial charge < -0.3 is 0 Å². The number of halogens is 2. The number of hydrogen-bond donors (Lipinski definition) is 0. The molecule has 0 spiro atoms. The Labute approximate surface area is 282 Å². The van der Waals surface area contributed by atoms with Gasteiger partial charge in [-0.3, -0.25) is 0 Å². The Morgan fingerprint density at radius 2 is 1.18 bits per heavy atom. The van der Waals surface area contributed by atoms with Crippen LogP contribution in [0.5, 0.6) is 0 Å². The molecule has 3 heteroatoms. The third-order valence-corrected chi connectivity index (χ3v) is 19.6. The summed E-state index contributed by atoms with van der Waals surface area (Å²) in [5.74, 6) is 0. The Morgan fingerprint density at radius 1 is 0.614 bits per heavy atom. The third-order valence-electron chi connectivity index (χ3n) is 9.74. The molecule has 0 radical (unpaired) electrons. The molecule has 1 atom stereocenters. The Morgan fingerprint density at radius 3 is 1.80 bits per heavy atom. The van der Waals surface area contributed by atoms with Gasteiger partial charge in [0.15, 0.2) is 0 Å². The summed E-state index contributed by atoms with van der Waals surface area (Å²) >= 11 is -2.79. The Bertz CT molecular complexity index is 1840. The molecule has 222 valence electrons. The molecular formula is C41H40Cl2Zr. The predicted molar refractivity (Wildman–Crippen MR) is 192 cm³/mol. The molecule has 0 fully saturated rings. The van der Waals surface area contributed by atoms with Crippen LogP contribution >= 0.6 is 24.8 Å². The minimum Gasteiger partial charge on any atom is -0.147 e. The molecule has 7 rings (SSSR count). The first-order chi connectivity index (χ1) is 20.4. The minimum absolute atomic E-state index is 0. The van der Waals surface area contributed by atoms with Crippen LogP contribution in [-0.4, -0.2) is 3.21 Å². The second kappa shape index (κ2) is 12.9. The topological polar surface area (TPSA) is 0 Å². The van der Waals surface area contributed by atoms with Gasteiger partial charge in [0.05, 0.1) is 0 Å². The summed E-state index contributed by atoms with van der Waals surface area (Å²) in [7, 11) is 0. The van der Waals surface area contributed by atoms with Crippen molar-refractivity contribution in [2.75, 3.05) is 0 Å². The van der Waals surface area contributed by atoms with Crippen LogP contribution in [0.15, 0.2) is 143 Å². The molecule has 0 aromatic heterocycles. The van der Waals surface area contributed by atoms with E-state index in [1.807, 2.05) is 0 Å². The molecule has 0 amide bonds. The molecule has 0 heterocycles. The van der Waals surface area contributed by atoms with Crippen molar-refractivity contribution in [2.45, 2.75) is 48.6 Å². The van der Waals surface area contributed by atoms with Crippen LogP contribution in [0.1, 0.15) is 60.0 Å². The minimum atomic E-state index is -2.79. The van der Waals surface area contributed by atoms with E-state index in [0.29, 0.717) is 3.63 Å². The van der Waals surface area contributed by atoms with E-state index >= 15 is 0 Å². The van der Waals surface area contributed by atoms with Crippen molar-refractivity contribution in [3.8, 4) is 11.1 Å². The normalized spacial score (nSPS) is 15.1. The fraction of sp³-hybridized carbons (Fsp3) is 0.195. The van der Waals surface area contributed by atoms with Crippen LogP contribution in [0.4, 0.5) is 0 Å². The summed E-state index contributed by atoms with van der Waals surface area (Å²) in [5.41, 5.74) is 8.59. The van der Waals surface area contributed by atoms with Crippen molar-refractivity contribution in [3.05, 3.63) is 165 Å². The summed E-state index contributed by atoms with van der Waals surface area (Å²) in [6.45, 7) is 10.0. The fourth-order valence-corrected chi connectivity index (χ4v) is 18.7. The van der Waals surface area contributed by atoms with Crippen molar-refractivity contribution in [1.29, 1.82) is 0 Å². The Kier molecular flexibility index (Phi) is 9.53. The van der Waals surface area contributed by atoms with Gasteiger partial charge in [-0.15, -0.1) is 24.8 Å². The van der Waals surface area contributed by atoms with Crippen LogP contribution in [-0.2, 0) is 32.1 Å². The molecule has 1 unspecified atom stereocenters. The smallest absolute Gasteiger partial charge is 0.147 e. The van der Waals surface area contributed by atoms with Crippen molar-refractivity contribution in [1.82, 2.24) is 0 Å². The van der Waals surface area contributed by atoms with Gasteiger partial charge in [0.1, 0.15) is 0 Å². The molecule has 0 N–H and O–H groups in total. The molecule has 44 heavy (non-hydrogen) atoms. The second-order valence-corrected chi connectivity index (χ2v) is 19.1. The molecule has 0 saturated carbocycles. The largest absolute Gasteiger partial charge is 0.147 e. The fourth-order valence-electron chi connectivity index (χ4n) is 7.88. The van der Waals surface area contributed by atoms with Crippen LogP contribution in [0.3, 0.4) is 0 Å². The third kappa shape index (κ3) is 5.36. The van der Waals surface area contributed by atoms with Crippen LogP contribution in [0.25, 0.3) is 21.9 Å². The summed E-state index contributed by atoms with van der Waals surface area (Å²) in [6, 6.07) is 45.7. The monoisotopic (exact) mass is 692 g/mol. The zero-order chi connectivity index (χ0) is 28.9. The molecule has 0 saturated heterocycles. The zero-order valence-electron chi connectivity index (χ0n) is 25.9. The Balaban J connectivity index is 0.00000192. The van der Waals surface area contributed by atoms with Crippen molar-refractivity contribution in [2.24, 2.45) is 0 Å². The van der Waals surface area contributed by atoms with E-state index in [1.54, 1.807) is 12.1 Å². The maximum absolute atomic E-state index is 2.79. The summed E-state index contributed by atoms with van der Waals surface area (Å²) < 4.78 is 3.89. The van der Waals surface area contributed by atoms with E-state index in [-0.39, 0.29) is 35.6 Å². The standard InChI is InChI=1S/C19H22.C17H11.C5H5.2ClH.Zr/c1-18(2,16-11-7-5-8-12-16)15-19(3,4)17-13-9-6-10-14-17;1-3-7-14-12(5-1)9-10-16-15-8-4-2-6-13(15)11-17(14)16;1-2-4-5-3-1;;;/h5-14H,1-4H3;1-11H;1-3H,4H2;2*1H;. The second-order valence-electron chi connectivity index (χ2n) is 12.9. The SMILES string of the molecule is CC(C)([C](=[Zr]([C]1=CC=CC1)[CH]1c2ccccc2-c2ccc3ccccc3c21)C(C)(C)c1ccccc1)c1ccccc1.Cl.Cl. The molecule has 0 nitrogen and oxygen atoms in total. The van der Waals surface area contributed by atoms with Gasteiger partial charge in [-0.05, 0) is 0 Å². The van der Waals surface area contributed by atoms with E-state index in [2.05, 4.69) is 167 Å². The number of rotatable bonds is 6. The van der Waals surface area contributed by atoms with Gasteiger partial charge in [0.25, 0.3) is 0 Å². The maximum Gasteiger partial charge on any atom is -0.147 e. The van der Waals surface area contributed by atoms with Crippen LogP contribution in [0.2, 0.25) is 0 Å². The van der Waals surface area contributed by atoms with E-state index < -0.39 is 21.3 Å². The summed E-state index contributed by atoms with van der Waals surface area (Å²) in [4.78, 5) is 0. The van der Waals surface area contributed by atoms with Gasteiger partial charge in [-0.25, -0.2) is 0 Å². The first-order valence-corrected chi connectivity index (χ1v) is 19.1. The first-order valence-electron chi connectivity index (χ1n) is 15.2. The first kappa shape index (κ1) is 32.6. The van der Waals surface area contributed by atoms with Gasteiger partial charge >= 0.3 is 260 Å². The van der Waals surface area contributed by atoms with Gasteiger partial charge in [-0.2, -0.15) is 0 Å². The van der Waals surface area contributed by atoms with Crippen molar-refractivity contribution >= 4 is 38.8 Å². The van der Waals surface area contributed by atoms with Gasteiger partial charge in [-0.1, -0.05) is 0 Å².